The first-order valence-electron chi connectivity index (χ1n) is 6.30. The Balaban J connectivity index is 2.49. The smallest absolute Gasteiger partial charge is 0.114 e. The molecule has 3 nitrogen and oxygen atoms in total. The molecule has 0 saturated heterocycles. The van der Waals surface area contributed by atoms with E-state index in [9.17, 15) is 15.5 Å². The van der Waals surface area contributed by atoms with Crippen molar-refractivity contribution in [3.63, 3.8) is 0 Å². The quantitative estimate of drug-likeness (QED) is 0.835. The standard InChI is InChI=1S/C17H15NO2/c18-11-15(17(20)14-9-5-2-6-10-14)16(12-19)13-7-3-1-4-8-13/h1-10,17,19-20H,12H2/b16-15+. The molecular weight excluding hydrogens is 250 g/mol. The van der Waals surface area contributed by atoms with Crippen molar-refractivity contribution in [3.05, 3.63) is 77.4 Å². The molecule has 0 radical (unpaired) electrons. The Bertz CT molecular complexity index is 627. The van der Waals surface area contributed by atoms with E-state index in [4.69, 9.17) is 0 Å². The summed E-state index contributed by atoms with van der Waals surface area (Å²) in [6.45, 7) is -0.295. The van der Waals surface area contributed by atoms with Crippen LogP contribution in [0, 0.1) is 11.3 Å². The zero-order valence-electron chi connectivity index (χ0n) is 10.9. The van der Waals surface area contributed by atoms with Gasteiger partial charge in [0.25, 0.3) is 0 Å². The summed E-state index contributed by atoms with van der Waals surface area (Å²) in [4.78, 5) is 0. The van der Waals surface area contributed by atoms with Gasteiger partial charge in [-0.15, -0.1) is 0 Å². The molecule has 0 aliphatic heterocycles. The van der Waals surface area contributed by atoms with Crippen LogP contribution in [-0.2, 0) is 0 Å². The van der Waals surface area contributed by atoms with Gasteiger partial charge in [0.15, 0.2) is 0 Å². The van der Waals surface area contributed by atoms with Crippen LogP contribution in [0.4, 0.5) is 0 Å². The van der Waals surface area contributed by atoms with Crippen LogP contribution >= 0.6 is 0 Å². The third-order valence-electron chi connectivity index (χ3n) is 3.11. The molecule has 0 bridgehead atoms. The Hall–Kier alpha value is -2.41. The van der Waals surface area contributed by atoms with Crippen LogP contribution in [0.1, 0.15) is 17.2 Å². The van der Waals surface area contributed by atoms with Crippen molar-refractivity contribution in [1.82, 2.24) is 0 Å². The van der Waals surface area contributed by atoms with Crippen molar-refractivity contribution < 1.29 is 10.2 Å². The number of rotatable bonds is 4. The van der Waals surface area contributed by atoms with Gasteiger partial charge in [-0.05, 0) is 11.1 Å². The van der Waals surface area contributed by atoms with Crippen LogP contribution in [0.25, 0.3) is 5.57 Å². The molecule has 0 aromatic heterocycles. The Labute approximate surface area is 118 Å². The van der Waals surface area contributed by atoms with Crippen molar-refractivity contribution in [2.24, 2.45) is 0 Å². The molecule has 2 aromatic carbocycles. The fourth-order valence-electron chi connectivity index (χ4n) is 2.07. The summed E-state index contributed by atoms with van der Waals surface area (Å²) < 4.78 is 0. The number of aliphatic hydroxyl groups excluding tert-OH is 2. The molecule has 0 amide bonds. The second-order valence-corrected chi connectivity index (χ2v) is 4.34. The molecule has 0 saturated carbocycles. The lowest BCUT2D eigenvalue weighted by Crippen LogP contribution is -2.05. The zero-order chi connectivity index (χ0) is 14.4. The van der Waals surface area contributed by atoms with Crippen LogP contribution in [0.3, 0.4) is 0 Å². The Morgan fingerprint density at radius 1 is 1.00 bits per heavy atom. The maximum atomic E-state index is 10.4. The highest BCUT2D eigenvalue weighted by Crippen LogP contribution is 2.28. The predicted octanol–water partition coefficient (Wildman–Crippen LogP) is 2.69. The van der Waals surface area contributed by atoms with Gasteiger partial charge in [0, 0.05) is 5.57 Å². The van der Waals surface area contributed by atoms with Gasteiger partial charge >= 0.3 is 0 Å². The fraction of sp³-hybridized carbons (Fsp3) is 0.118. The SMILES string of the molecule is N#C/C(=C(/CO)c1ccccc1)C(O)c1ccccc1. The van der Waals surface area contributed by atoms with E-state index in [2.05, 4.69) is 0 Å². The highest BCUT2D eigenvalue weighted by Gasteiger charge is 2.18. The van der Waals surface area contributed by atoms with Gasteiger partial charge in [0.1, 0.15) is 6.10 Å². The van der Waals surface area contributed by atoms with E-state index < -0.39 is 6.10 Å². The van der Waals surface area contributed by atoms with Gasteiger partial charge in [-0.3, -0.25) is 0 Å². The van der Waals surface area contributed by atoms with Crippen molar-refractivity contribution in [1.29, 1.82) is 5.26 Å². The molecule has 2 aromatic rings. The summed E-state index contributed by atoms with van der Waals surface area (Å²) in [7, 11) is 0. The Morgan fingerprint density at radius 2 is 1.55 bits per heavy atom. The molecule has 0 aliphatic carbocycles. The summed E-state index contributed by atoms with van der Waals surface area (Å²) in [6.07, 6.45) is -1.04. The summed E-state index contributed by atoms with van der Waals surface area (Å²) in [6, 6.07) is 20.1. The van der Waals surface area contributed by atoms with Crippen LogP contribution in [0.5, 0.6) is 0 Å². The molecule has 100 valence electrons. The van der Waals surface area contributed by atoms with Gasteiger partial charge in [0.2, 0.25) is 0 Å². The normalized spacial score (nSPS) is 13.2. The molecule has 0 spiro atoms. The monoisotopic (exact) mass is 265 g/mol. The number of benzene rings is 2. The minimum atomic E-state index is -1.04. The number of nitrogens with zero attached hydrogens (tertiary/aromatic N) is 1. The molecular formula is C17H15NO2. The minimum Gasteiger partial charge on any atom is -0.392 e. The third kappa shape index (κ3) is 2.94. The first-order valence-corrected chi connectivity index (χ1v) is 6.30. The highest BCUT2D eigenvalue weighted by atomic mass is 16.3. The van der Waals surface area contributed by atoms with Crippen molar-refractivity contribution in [2.45, 2.75) is 6.10 Å². The second kappa shape index (κ2) is 6.67. The minimum absolute atomic E-state index is 0.171. The molecule has 0 aliphatic rings. The van der Waals surface area contributed by atoms with Crippen LogP contribution in [-0.4, -0.2) is 16.8 Å². The highest BCUT2D eigenvalue weighted by molar-refractivity contribution is 5.73. The summed E-state index contributed by atoms with van der Waals surface area (Å²) in [5, 5.41) is 29.2. The van der Waals surface area contributed by atoms with Crippen LogP contribution in [0.2, 0.25) is 0 Å². The molecule has 0 fully saturated rings. The summed E-state index contributed by atoms with van der Waals surface area (Å²) in [5.41, 5.74) is 1.99. The molecule has 1 atom stereocenters. The van der Waals surface area contributed by atoms with Gasteiger partial charge in [0.05, 0.1) is 18.2 Å². The van der Waals surface area contributed by atoms with Gasteiger partial charge in [-0.1, -0.05) is 60.7 Å². The van der Waals surface area contributed by atoms with Gasteiger partial charge < -0.3 is 10.2 Å². The largest absolute Gasteiger partial charge is 0.392 e. The Morgan fingerprint density at radius 3 is 2.05 bits per heavy atom. The van der Waals surface area contributed by atoms with E-state index in [1.54, 1.807) is 36.4 Å². The number of nitriles is 1. The van der Waals surface area contributed by atoms with E-state index in [1.807, 2.05) is 30.3 Å². The zero-order valence-corrected chi connectivity index (χ0v) is 10.9. The van der Waals surface area contributed by atoms with E-state index in [0.29, 0.717) is 11.1 Å². The van der Waals surface area contributed by atoms with Crippen LogP contribution in [0.15, 0.2) is 66.2 Å². The van der Waals surface area contributed by atoms with Crippen LogP contribution < -0.4 is 0 Å². The maximum Gasteiger partial charge on any atom is 0.114 e. The van der Waals surface area contributed by atoms with Gasteiger partial charge in [-0.25, -0.2) is 0 Å². The first kappa shape index (κ1) is 14.0. The third-order valence-corrected chi connectivity index (χ3v) is 3.11. The number of hydrogen-bond acceptors (Lipinski definition) is 3. The van der Waals surface area contributed by atoms with E-state index in [0.717, 1.165) is 5.56 Å². The van der Waals surface area contributed by atoms with Gasteiger partial charge in [-0.2, -0.15) is 5.26 Å². The lowest BCUT2D eigenvalue weighted by molar-refractivity contribution is 0.220. The average Bonchev–Trinajstić information content (AvgIpc) is 2.53. The number of aliphatic hydroxyl groups is 2. The number of hydrogen-bond donors (Lipinski definition) is 2. The van der Waals surface area contributed by atoms with E-state index >= 15 is 0 Å². The lowest BCUT2D eigenvalue weighted by Gasteiger charge is -2.14. The second-order valence-electron chi connectivity index (χ2n) is 4.34. The lowest BCUT2D eigenvalue weighted by atomic mass is 9.94. The van der Waals surface area contributed by atoms with E-state index in [-0.39, 0.29) is 12.2 Å². The molecule has 0 heterocycles. The molecule has 3 heteroatoms. The average molecular weight is 265 g/mol. The predicted molar refractivity (Wildman–Crippen MR) is 77.5 cm³/mol. The first-order chi connectivity index (χ1) is 9.77. The summed E-state index contributed by atoms with van der Waals surface area (Å²) in [5.74, 6) is 0. The molecule has 2 rings (SSSR count). The van der Waals surface area contributed by atoms with Crippen molar-refractivity contribution >= 4 is 5.57 Å². The topological polar surface area (TPSA) is 64.2 Å². The molecule has 20 heavy (non-hydrogen) atoms. The fourth-order valence-corrected chi connectivity index (χ4v) is 2.07. The maximum absolute atomic E-state index is 10.4. The molecule has 1 unspecified atom stereocenters. The molecule has 2 N–H and O–H groups in total. The van der Waals surface area contributed by atoms with Crippen molar-refractivity contribution in [2.75, 3.05) is 6.61 Å². The summed E-state index contributed by atoms with van der Waals surface area (Å²) >= 11 is 0. The van der Waals surface area contributed by atoms with Crippen molar-refractivity contribution in [3.8, 4) is 6.07 Å². The Kier molecular flexibility index (Phi) is 4.67. The van der Waals surface area contributed by atoms with E-state index in [1.165, 1.54) is 0 Å².